The first-order valence-electron chi connectivity index (χ1n) is 5.27. The van der Waals surface area contributed by atoms with Crippen LogP contribution < -0.4 is 5.73 Å². The first kappa shape index (κ1) is 11.4. The van der Waals surface area contributed by atoms with E-state index in [1.54, 1.807) is 0 Å². The van der Waals surface area contributed by atoms with Gasteiger partial charge in [-0.15, -0.1) is 0 Å². The zero-order valence-electron chi connectivity index (χ0n) is 9.97. The van der Waals surface area contributed by atoms with Crippen molar-refractivity contribution in [1.82, 2.24) is 14.6 Å². The third-order valence-electron chi connectivity index (χ3n) is 2.46. The lowest BCUT2D eigenvalue weighted by Crippen LogP contribution is -2.09. The maximum atomic E-state index is 11.4. The largest absolute Gasteiger partial charge is 0.464 e. The third-order valence-corrected chi connectivity index (χ3v) is 2.46. The Hall–Kier alpha value is -2.11. The summed E-state index contributed by atoms with van der Waals surface area (Å²) in [5.74, 6) is 0.131. The van der Waals surface area contributed by atoms with E-state index in [9.17, 15) is 4.79 Å². The Labute approximate surface area is 98.4 Å². The molecule has 0 saturated carbocycles. The molecule has 0 bridgehead atoms. The summed E-state index contributed by atoms with van der Waals surface area (Å²) >= 11 is 0. The van der Waals surface area contributed by atoms with Crippen LogP contribution in [0.2, 0.25) is 0 Å². The van der Waals surface area contributed by atoms with Gasteiger partial charge in [0.25, 0.3) is 0 Å². The molecule has 0 saturated heterocycles. The van der Waals surface area contributed by atoms with Crippen LogP contribution in [0.15, 0.2) is 12.1 Å². The van der Waals surface area contributed by atoms with Crippen molar-refractivity contribution in [2.45, 2.75) is 19.8 Å². The Balaban J connectivity index is 2.61. The van der Waals surface area contributed by atoms with E-state index >= 15 is 0 Å². The lowest BCUT2D eigenvalue weighted by atomic mass is 10.1. The summed E-state index contributed by atoms with van der Waals surface area (Å²) in [4.78, 5) is 15.5. The van der Waals surface area contributed by atoms with Crippen LogP contribution in [0.3, 0.4) is 0 Å². The van der Waals surface area contributed by atoms with Crippen molar-refractivity contribution >= 4 is 17.4 Å². The van der Waals surface area contributed by atoms with Crippen molar-refractivity contribution in [3.05, 3.63) is 23.5 Å². The minimum atomic E-state index is -0.508. The van der Waals surface area contributed by atoms with E-state index in [2.05, 4.69) is 14.8 Å². The molecule has 0 spiro atoms. The normalized spacial score (nSPS) is 11.1. The van der Waals surface area contributed by atoms with Crippen molar-refractivity contribution < 1.29 is 9.53 Å². The van der Waals surface area contributed by atoms with Crippen molar-refractivity contribution in [3.8, 4) is 0 Å². The fourth-order valence-electron chi connectivity index (χ4n) is 1.51. The molecule has 90 valence electrons. The average molecular weight is 234 g/mol. The Morgan fingerprint density at radius 3 is 2.76 bits per heavy atom. The Morgan fingerprint density at radius 1 is 1.47 bits per heavy atom. The molecule has 2 heterocycles. The molecule has 0 atom stereocenters. The van der Waals surface area contributed by atoms with Crippen LogP contribution in [-0.4, -0.2) is 27.7 Å². The van der Waals surface area contributed by atoms with Crippen LogP contribution in [0.5, 0.6) is 0 Å². The molecule has 0 aromatic carbocycles. The number of nitrogens with two attached hydrogens (primary N) is 1. The third kappa shape index (κ3) is 1.93. The van der Waals surface area contributed by atoms with E-state index < -0.39 is 5.97 Å². The number of carbonyl (C=O) groups excluding carboxylic acids is 1. The van der Waals surface area contributed by atoms with E-state index in [4.69, 9.17) is 5.73 Å². The zero-order valence-corrected chi connectivity index (χ0v) is 9.97. The van der Waals surface area contributed by atoms with Gasteiger partial charge in [-0.05, 0) is 5.92 Å². The summed E-state index contributed by atoms with van der Waals surface area (Å²) in [6, 6.07) is 3.27. The lowest BCUT2D eigenvalue weighted by molar-refractivity contribution is 0.0594. The quantitative estimate of drug-likeness (QED) is 0.790. The highest BCUT2D eigenvalue weighted by molar-refractivity contribution is 5.88. The number of nitrogens with zero attached hydrogens (tertiary/aromatic N) is 3. The molecular weight excluding hydrogens is 220 g/mol. The van der Waals surface area contributed by atoms with E-state index in [-0.39, 0.29) is 11.6 Å². The van der Waals surface area contributed by atoms with E-state index in [0.717, 1.165) is 5.69 Å². The van der Waals surface area contributed by atoms with Gasteiger partial charge >= 0.3 is 5.97 Å². The Kier molecular flexibility index (Phi) is 2.71. The van der Waals surface area contributed by atoms with Gasteiger partial charge in [-0.3, -0.25) is 0 Å². The van der Waals surface area contributed by atoms with Gasteiger partial charge < -0.3 is 10.5 Å². The molecule has 6 heteroatoms. The van der Waals surface area contributed by atoms with Gasteiger partial charge in [0.2, 0.25) is 0 Å². The Morgan fingerprint density at radius 2 is 2.18 bits per heavy atom. The summed E-state index contributed by atoms with van der Waals surface area (Å²) in [5.41, 5.74) is 7.43. The Bertz CT molecular complexity index is 574. The molecule has 2 aromatic rings. The van der Waals surface area contributed by atoms with Gasteiger partial charge in [-0.2, -0.15) is 9.61 Å². The molecule has 2 rings (SSSR count). The summed E-state index contributed by atoms with van der Waals surface area (Å²) in [5, 5.41) is 4.32. The fraction of sp³-hybridized carbons (Fsp3) is 0.364. The number of esters is 1. The highest BCUT2D eigenvalue weighted by atomic mass is 16.5. The summed E-state index contributed by atoms with van der Waals surface area (Å²) in [6.45, 7) is 4.05. The second-order valence-corrected chi connectivity index (χ2v) is 4.05. The first-order chi connectivity index (χ1) is 8.02. The number of carbonyl (C=O) groups is 1. The topological polar surface area (TPSA) is 82.5 Å². The number of ether oxygens (including phenoxy) is 1. The van der Waals surface area contributed by atoms with E-state index in [0.29, 0.717) is 11.5 Å². The molecule has 0 amide bonds. The van der Waals surface area contributed by atoms with Gasteiger partial charge in [0, 0.05) is 12.1 Å². The average Bonchev–Trinajstić information content (AvgIpc) is 2.72. The highest BCUT2D eigenvalue weighted by Crippen LogP contribution is 2.17. The van der Waals surface area contributed by atoms with E-state index in [1.807, 2.05) is 19.9 Å². The first-order valence-corrected chi connectivity index (χ1v) is 5.27. The van der Waals surface area contributed by atoms with Gasteiger partial charge in [-0.1, -0.05) is 13.8 Å². The molecule has 17 heavy (non-hydrogen) atoms. The minimum Gasteiger partial charge on any atom is -0.464 e. The molecule has 0 aliphatic carbocycles. The molecule has 6 nitrogen and oxygen atoms in total. The monoisotopic (exact) mass is 234 g/mol. The SMILES string of the molecule is COC(=O)c1cc(N)n2nc(C(C)C)cc2n1. The second-order valence-electron chi connectivity index (χ2n) is 4.05. The van der Waals surface area contributed by atoms with Crippen LogP contribution in [0, 0.1) is 0 Å². The van der Waals surface area contributed by atoms with Crippen molar-refractivity contribution in [2.24, 2.45) is 0 Å². The molecule has 0 radical (unpaired) electrons. The fourth-order valence-corrected chi connectivity index (χ4v) is 1.51. The van der Waals surface area contributed by atoms with Crippen LogP contribution in [0.25, 0.3) is 5.65 Å². The standard InChI is InChI=1S/C11H14N4O2/c1-6(2)7-5-10-13-8(11(16)17-3)4-9(12)15(10)14-7/h4-6H,12H2,1-3H3. The predicted octanol–water partition coefficient (Wildman–Crippen LogP) is 1.22. The van der Waals surface area contributed by atoms with Gasteiger partial charge in [0.15, 0.2) is 11.3 Å². The maximum Gasteiger partial charge on any atom is 0.356 e. The van der Waals surface area contributed by atoms with Crippen LogP contribution >= 0.6 is 0 Å². The highest BCUT2D eigenvalue weighted by Gasteiger charge is 2.14. The molecule has 0 aliphatic heterocycles. The van der Waals surface area contributed by atoms with Gasteiger partial charge in [0.05, 0.1) is 12.8 Å². The predicted molar refractivity (Wildman–Crippen MR) is 62.8 cm³/mol. The van der Waals surface area contributed by atoms with Crippen molar-refractivity contribution in [3.63, 3.8) is 0 Å². The molecule has 0 unspecified atom stereocenters. The molecule has 2 N–H and O–H groups in total. The number of hydrogen-bond acceptors (Lipinski definition) is 5. The molecule has 2 aromatic heterocycles. The van der Waals surface area contributed by atoms with Gasteiger partial charge in [0.1, 0.15) is 5.82 Å². The smallest absolute Gasteiger partial charge is 0.356 e. The number of fused-ring (bicyclic) bond motifs is 1. The number of hydrogen-bond donors (Lipinski definition) is 1. The number of anilines is 1. The van der Waals surface area contributed by atoms with Crippen LogP contribution in [-0.2, 0) is 4.74 Å². The number of nitrogen functional groups attached to an aromatic ring is 1. The summed E-state index contributed by atoms with van der Waals surface area (Å²) < 4.78 is 6.12. The summed E-state index contributed by atoms with van der Waals surface area (Å²) in [6.07, 6.45) is 0. The van der Waals surface area contributed by atoms with Crippen molar-refractivity contribution in [2.75, 3.05) is 12.8 Å². The summed E-state index contributed by atoms with van der Waals surface area (Å²) in [7, 11) is 1.31. The zero-order chi connectivity index (χ0) is 12.6. The lowest BCUT2D eigenvalue weighted by Gasteiger charge is -2.02. The number of aromatic nitrogens is 3. The van der Waals surface area contributed by atoms with Gasteiger partial charge in [-0.25, -0.2) is 9.78 Å². The maximum absolute atomic E-state index is 11.4. The minimum absolute atomic E-state index is 0.188. The van der Waals surface area contributed by atoms with Crippen molar-refractivity contribution in [1.29, 1.82) is 0 Å². The molecular formula is C11H14N4O2. The second kappa shape index (κ2) is 4.04. The van der Waals surface area contributed by atoms with E-state index in [1.165, 1.54) is 17.7 Å². The number of rotatable bonds is 2. The van der Waals surface area contributed by atoms with Crippen LogP contribution in [0.1, 0.15) is 35.9 Å². The number of methoxy groups -OCH3 is 1. The molecule has 0 aliphatic rings. The molecule has 0 fully saturated rings. The van der Waals surface area contributed by atoms with Crippen LogP contribution in [0.4, 0.5) is 5.82 Å².